The van der Waals surface area contributed by atoms with Gasteiger partial charge in [0, 0.05) is 5.69 Å². The predicted molar refractivity (Wildman–Crippen MR) is 66.6 cm³/mol. The summed E-state index contributed by atoms with van der Waals surface area (Å²) in [6, 6.07) is 5.36. The molecule has 9 nitrogen and oxygen atoms in total. The Bertz CT molecular complexity index is 706. The Morgan fingerprint density at radius 1 is 1.26 bits per heavy atom. The van der Waals surface area contributed by atoms with Gasteiger partial charge in [-0.05, 0) is 24.3 Å². The van der Waals surface area contributed by atoms with Crippen molar-refractivity contribution < 1.29 is 13.2 Å². The molecule has 19 heavy (non-hydrogen) atoms. The standard InChI is InChI=1S/C9H10N6O3S/c10-9-13-7(14-15-9)8(16)12-5-1-3-6(4-2-5)19(11,17)18/h1-4H,(H,12,16)(H2,11,17,18)(H3,10,13,14,15). The van der Waals surface area contributed by atoms with Gasteiger partial charge in [0.15, 0.2) is 0 Å². The number of anilines is 2. The number of aromatic nitrogens is 3. The topological polar surface area (TPSA) is 157 Å². The molecule has 0 fully saturated rings. The van der Waals surface area contributed by atoms with Gasteiger partial charge >= 0.3 is 0 Å². The Morgan fingerprint density at radius 3 is 2.37 bits per heavy atom. The molecule has 1 aromatic heterocycles. The van der Waals surface area contributed by atoms with Crippen LogP contribution in [0.15, 0.2) is 29.2 Å². The van der Waals surface area contributed by atoms with E-state index in [1.54, 1.807) is 0 Å². The maximum atomic E-state index is 11.7. The lowest BCUT2D eigenvalue weighted by atomic mass is 10.3. The average molecular weight is 282 g/mol. The van der Waals surface area contributed by atoms with Gasteiger partial charge in [-0.3, -0.25) is 9.89 Å². The minimum absolute atomic E-state index is 0.0466. The third-order valence-electron chi connectivity index (χ3n) is 2.16. The van der Waals surface area contributed by atoms with Gasteiger partial charge in [-0.25, -0.2) is 13.6 Å². The maximum absolute atomic E-state index is 11.7. The van der Waals surface area contributed by atoms with Crippen molar-refractivity contribution in [3.8, 4) is 0 Å². The molecular formula is C9H10N6O3S. The van der Waals surface area contributed by atoms with Crippen LogP contribution >= 0.6 is 0 Å². The van der Waals surface area contributed by atoms with Crippen LogP contribution in [0, 0.1) is 0 Å². The number of primary sulfonamides is 1. The SMILES string of the molecule is Nc1n[nH]c(C(=O)Nc2ccc(S(N)(=O)=O)cc2)n1. The molecule has 1 aromatic carbocycles. The molecule has 0 spiro atoms. The molecule has 2 aromatic rings. The normalized spacial score (nSPS) is 11.2. The van der Waals surface area contributed by atoms with Crippen molar-refractivity contribution in [3.63, 3.8) is 0 Å². The molecule has 100 valence electrons. The lowest BCUT2D eigenvalue weighted by Crippen LogP contribution is -2.15. The number of rotatable bonds is 3. The molecule has 6 N–H and O–H groups in total. The van der Waals surface area contributed by atoms with Crippen LogP contribution in [0.25, 0.3) is 0 Å². The summed E-state index contributed by atoms with van der Waals surface area (Å²) in [4.78, 5) is 15.3. The van der Waals surface area contributed by atoms with E-state index in [2.05, 4.69) is 20.5 Å². The van der Waals surface area contributed by atoms with Crippen molar-refractivity contribution in [2.45, 2.75) is 4.90 Å². The van der Waals surface area contributed by atoms with Crippen molar-refractivity contribution >= 4 is 27.6 Å². The fourth-order valence-electron chi connectivity index (χ4n) is 1.29. The number of nitrogens with two attached hydrogens (primary N) is 2. The van der Waals surface area contributed by atoms with E-state index in [1.165, 1.54) is 24.3 Å². The number of H-pyrrole nitrogens is 1. The number of nitrogen functional groups attached to an aromatic ring is 1. The monoisotopic (exact) mass is 282 g/mol. The first-order valence-corrected chi connectivity index (χ1v) is 6.53. The van der Waals surface area contributed by atoms with Crippen LogP contribution in [-0.2, 0) is 10.0 Å². The Hall–Kier alpha value is -2.46. The number of carbonyl (C=O) groups is 1. The Balaban J connectivity index is 2.14. The zero-order chi connectivity index (χ0) is 14.0. The molecule has 0 aliphatic rings. The van der Waals surface area contributed by atoms with E-state index >= 15 is 0 Å². The molecule has 10 heteroatoms. The van der Waals surface area contributed by atoms with Gasteiger partial charge in [0.2, 0.25) is 21.8 Å². The summed E-state index contributed by atoms with van der Waals surface area (Å²) in [5.41, 5.74) is 5.65. The van der Waals surface area contributed by atoms with Gasteiger partial charge in [0.1, 0.15) is 0 Å². The molecule has 0 aliphatic carbocycles. The second kappa shape index (κ2) is 4.66. The smallest absolute Gasteiger partial charge is 0.293 e. The lowest BCUT2D eigenvalue weighted by molar-refractivity contribution is 0.101. The fourth-order valence-corrected chi connectivity index (χ4v) is 1.81. The summed E-state index contributed by atoms with van der Waals surface area (Å²) >= 11 is 0. The molecule has 0 aliphatic heterocycles. The average Bonchev–Trinajstić information content (AvgIpc) is 2.75. The van der Waals surface area contributed by atoms with Gasteiger partial charge < -0.3 is 11.1 Å². The molecule has 0 atom stereocenters. The quantitative estimate of drug-likeness (QED) is 0.582. The summed E-state index contributed by atoms with van der Waals surface area (Å²) in [6.45, 7) is 0. The molecule has 0 saturated heterocycles. The molecular weight excluding hydrogens is 272 g/mol. The zero-order valence-corrected chi connectivity index (χ0v) is 10.3. The summed E-state index contributed by atoms with van der Waals surface area (Å²) in [5.74, 6) is -0.643. The minimum Gasteiger partial charge on any atom is -0.366 e. The summed E-state index contributed by atoms with van der Waals surface area (Å²) in [5, 5.41) is 13.3. The van der Waals surface area contributed by atoms with E-state index in [-0.39, 0.29) is 16.7 Å². The van der Waals surface area contributed by atoms with Crippen molar-refractivity contribution in [1.29, 1.82) is 0 Å². The van der Waals surface area contributed by atoms with Crippen LogP contribution in [-0.4, -0.2) is 29.5 Å². The van der Waals surface area contributed by atoms with Crippen molar-refractivity contribution in [1.82, 2.24) is 15.2 Å². The van der Waals surface area contributed by atoms with E-state index in [4.69, 9.17) is 10.9 Å². The van der Waals surface area contributed by atoms with Gasteiger partial charge in [0.25, 0.3) is 5.91 Å². The number of benzene rings is 1. The highest BCUT2D eigenvalue weighted by atomic mass is 32.2. The first-order valence-electron chi connectivity index (χ1n) is 4.98. The highest BCUT2D eigenvalue weighted by molar-refractivity contribution is 7.89. The number of nitrogens with one attached hydrogen (secondary N) is 2. The van der Waals surface area contributed by atoms with Crippen LogP contribution in [0.5, 0.6) is 0 Å². The highest BCUT2D eigenvalue weighted by Crippen LogP contribution is 2.13. The first-order chi connectivity index (χ1) is 8.86. The number of aromatic amines is 1. The Kier molecular flexibility index (Phi) is 3.19. The molecule has 2 rings (SSSR count). The molecule has 0 unspecified atom stereocenters. The van der Waals surface area contributed by atoms with E-state index in [1.807, 2.05) is 0 Å². The van der Waals surface area contributed by atoms with Crippen molar-refractivity contribution in [2.75, 3.05) is 11.1 Å². The van der Waals surface area contributed by atoms with Gasteiger partial charge in [-0.1, -0.05) is 0 Å². The van der Waals surface area contributed by atoms with Crippen LogP contribution in [0.2, 0.25) is 0 Å². The second-order valence-corrected chi connectivity index (χ2v) is 5.13. The van der Waals surface area contributed by atoms with E-state index in [0.29, 0.717) is 5.69 Å². The molecule has 1 amide bonds. The number of carbonyl (C=O) groups excluding carboxylic acids is 1. The van der Waals surface area contributed by atoms with Crippen LogP contribution in [0.4, 0.5) is 11.6 Å². The lowest BCUT2D eigenvalue weighted by Gasteiger charge is -2.03. The highest BCUT2D eigenvalue weighted by Gasteiger charge is 2.12. The van der Waals surface area contributed by atoms with Crippen molar-refractivity contribution in [2.24, 2.45) is 5.14 Å². The van der Waals surface area contributed by atoms with E-state index in [0.717, 1.165) is 0 Å². The molecule has 0 bridgehead atoms. The largest absolute Gasteiger partial charge is 0.366 e. The molecule has 0 saturated carbocycles. The number of hydrogen-bond donors (Lipinski definition) is 4. The number of hydrogen-bond acceptors (Lipinski definition) is 6. The summed E-state index contributed by atoms with van der Waals surface area (Å²) in [7, 11) is -3.75. The number of nitrogens with zero attached hydrogens (tertiary/aromatic N) is 2. The number of amides is 1. The van der Waals surface area contributed by atoms with Gasteiger partial charge in [0.05, 0.1) is 4.90 Å². The van der Waals surface area contributed by atoms with Crippen LogP contribution < -0.4 is 16.2 Å². The van der Waals surface area contributed by atoms with Gasteiger partial charge in [-0.15, -0.1) is 5.10 Å². The second-order valence-electron chi connectivity index (χ2n) is 3.57. The van der Waals surface area contributed by atoms with Crippen LogP contribution in [0.1, 0.15) is 10.6 Å². The first kappa shape index (κ1) is 13.0. The third-order valence-corrected chi connectivity index (χ3v) is 3.09. The molecule has 1 heterocycles. The summed E-state index contributed by atoms with van der Waals surface area (Å²) < 4.78 is 22.1. The molecule has 0 radical (unpaired) electrons. The Labute approximate surface area is 108 Å². The fraction of sp³-hybridized carbons (Fsp3) is 0. The number of sulfonamides is 1. The van der Waals surface area contributed by atoms with E-state index < -0.39 is 15.9 Å². The third kappa shape index (κ3) is 3.05. The summed E-state index contributed by atoms with van der Waals surface area (Å²) in [6.07, 6.45) is 0. The Morgan fingerprint density at radius 2 is 1.89 bits per heavy atom. The van der Waals surface area contributed by atoms with Crippen LogP contribution in [0.3, 0.4) is 0 Å². The van der Waals surface area contributed by atoms with Gasteiger partial charge in [-0.2, -0.15) is 4.98 Å². The zero-order valence-electron chi connectivity index (χ0n) is 9.49. The van der Waals surface area contributed by atoms with E-state index in [9.17, 15) is 13.2 Å². The predicted octanol–water partition coefficient (Wildman–Crippen LogP) is -0.713. The maximum Gasteiger partial charge on any atom is 0.293 e. The minimum atomic E-state index is -3.75. The van der Waals surface area contributed by atoms with Crippen molar-refractivity contribution in [3.05, 3.63) is 30.1 Å².